The second-order valence-electron chi connectivity index (χ2n) is 7.80. The molecule has 2 heterocycles. The number of carbonyl (C=O) groups is 2. The van der Waals surface area contributed by atoms with Crippen LogP contribution in [0.1, 0.15) is 40.9 Å². The third-order valence-corrected chi connectivity index (χ3v) is 6.45. The normalized spacial score (nSPS) is 11.5. The first kappa shape index (κ1) is 21.5. The van der Waals surface area contributed by atoms with Crippen molar-refractivity contribution in [3.8, 4) is 11.1 Å². The molecule has 1 amide bonds. The lowest BCUT2D eigenvalue weighted by Gasteiger charge is -2.20. The summed E-state index contributed by atoms with van der Waals surface area (Å²) in [5.41, 5.74) is 1.89. The number of thiazole rings is 1. The Morgan fingerprint density at radius 3 is 2.45 bits per heavy atom. The smallest absolute Gasteiger partial charge is 0.342 e. The van der Waals surface area contributed by atoms with Gasteiger partial charge in [0.25, 0.3) is 5.91 Å². The number of benzene rings is 2. The van der Waals surface area contributed by atoms with Crippen molar-refractivity contribution in [2.24, 2.45) is 0 Å². The fourth-order valence-corrected chi connectivity index (χ4v) is 4.89. The van der Waals surface area contributed by atoms with Crippen LogP contribution < -0.4 is 5.32 Å². The first-order valence-electron chi connectivity index (χ1n) is 9.49. The number of aromatic nitrogens is 1. The van der Waals surface area contributed by atoms with E-state index in [1.807, 2.05) is 41.8 Å². The molecule has 31 heavy (non-hydrogen) atoms. The maximum atomic E-state index is 13.1. The number of carbonyl (C=O) groups excluding carboxylic acids is 2. The van der Waals surface area contributed by atoms with E-state index in [9.17, 15) is 9.59 Å². The van der Waals surface area contributed by atoms with Gasteiger partial charge in [0, 0.05) is 16.0 Å². The van der Waals surface area contributed by atoms with Crippen molar-refractivity contribution >= 4 is 61.4 Å². The van der Waals surface area contributed by atoms with E-state index in [1.54, 1.807) is 32.9 Å². The Balaban J connectivity index is 1.71. The number of anilines is 1. The molecule has 0 spiro atoms. The topological polar surface area (TPSA) is 68.3 Å². The number of nitrogens with one attached hydrogen (secondary N) is 1. The number of rotatable bonds is 4. The molecule has 0 aliphatic heterocycles. The molecule has 0 aliphatic rings. The minimum Gasteiger partial charge on any atom is -0.456 e. The number of para-hydroxylation sites is 1. The van der Waals surface area contributed by atoms with Crippen LogP contribution in [0.2, 0.25) is 5.02 Å². The molecular formula is C23H19ClN2O3S2. The van der Waals surface area contributed by atoms with Gasteiger partial charge in [0.05, 0.1) is 10.2 Å². The van der Waals surface area contributed by atoms with E-state index < -0.39 is 11.6 Å². The molecule has 0 atom stereocenters. The fraction of sp³-hybridized carbons (Fsp3) is 0.174. The second kappa shape index (κ2) is 8.42. The molecule has 0 fully saturated rings. The summed E-state index contributed by atoms with van der Waals surface area (Å²) in [5.74, 6) is -0.867. The number of hydrogen-bond acceptors (Lipinski definition) is 6. The van der Waals surface area contributed by atoms with Gasteiger partial charge in [-0.05, 0) is 50.6 Å². The molecule has 0 saturated carbocycles. The van der Waals surface area contributed by atoms with Gasteiger partial charge in [-0.25, -0.2) is 9.78 Å². The van der Waals surface area contributed by atoms with Gasteiger partial charge >= 0.3 is 5.97 Å². The molecule has 2 aromatic carbocycles. The van der Waals surface area contributed by atoms with Crippen molar-refractivity contribution in [2.45, 2.75) is 26.4 Å². The predicted molar refractivity (Wildman–Crippen MR) is 128 cm³/mol. The monoisotopic (exact) mass is 470 g/mol. The molecular weight excluding hydrogens is 452 g/mol. The number of halogens is 1. The molecule has 8 heteroatoms. The maximum absolute atomic E-state index is 13.1. The number of fused-ring (bicyclic) bond motifs is 1. The molecule has 4 aromatic rings. The summed E-state index contributed by atoms with van der Waals surface area (Å²) < 4.78 is 6.55. The average Bonchev–Trinajstić information content (AvgIpc) is 3.31. The van der Waals surface area contributed by atoms with Gasteiger partial charge in [0.2, 0.25) is 0 Å². The number of nitrogens with zero attached hydrogens (tertiary/aromatic N) is 1. The van der Waals surface area contributed by atoms with Crippen molar-refractivity contribution in [1.82, 2.24) is 4.98 Å². The highest BCUT2D eigenvalue weighted by Gasteiger charge is 2.27. The largest absolute Gasteiger partial charge is 0.456 e. The first-order valence-corrected chi connectivity index (χ1v) is 11.6. The van der Waals surface area contributed by atoms with Crippen LogP contribution >= 0.6 is 34.3 Å². The van der Waals surface area contributed by atoms with Gasteiger partial charge in [-0.1, -0.05) is 35.9 Å². The molecule has 2 aromatic heterocycles. The van der Waals surface area contributed by atoms with Crippen LogP contribution in [0.3, 0.4) is 0 Å². The average molecular weight is 471 g/mol. The maximum Gasteiger partial charge on any atom is 0.342 e. The van der Waals surface area contributed by atoms with Crippen molar-refractivity contribution < 1.29 is 14.3 Å². The second-order valence-corrected chi connectivity index (χ2v) is 10.1. The molecule has 0 bridgehead atoms. The van der Waals surface area contributed by atoms with Gasteiger partial charge in [-0.2, -0.15) is 0 Å². The van der Waals surface area contributed by atoms with Crippen LogP contribution in [0.4, 0.5) is 5.00 Å². The van der Waals surface area contributed by atoms with Gasteiger partial charge < -0.3 is 10.1 Å². The Hall–Kier alpha value is -2.74. The van der Waals surface area contributed by atoms with Crippen molar-refractivity contribution in [3.63, 3.8) is 0 Å². The third kappa shape index (κ3) is 4.79. The highest BCUT2D eigenvalue weighted by molar-refractivity contribution is 7.20. The molecule has 0 saturated heterocycles. The molecule has 0 unspecified atom stereocenters. The van der Waals surface area contributed by atoms with Gasteiger partial charge in [-0.3, -0.25) is 4.79 Å². The van der Waals surface area contributed by atoms with Crippen molar-refractivity contribution in [1.29, 1.82) is 0 Å². The number of thiophene rings is 1. The Kier molecular flexibility index (Phi) is 5.83. The molecule has 5 nitrogen and oxygen atoms in total. The van der Waals surface area contributed by atoms with E-state index in [2.05, 4.69) is 10.3 Å². The molecule has 158 valence electrons. The number of amides is 1. The Morgan fingerprint density at radius 1 is 1.06 bits per heavy atom. The Bertz CT molecular complexity index is 1240. The summed E-state index contributed by atoms with van der Waals surface area (Å²) >= 11 is 8.59. The predicted octanol–water partition coefficient (Wildman–Crippen LogP) is 6.89. The van der Waals surface area contributed by atoms with Crippen LogP contribution in [0.5, 0.6) is 0 Å². The Morgan fingerprint density at radius 2 is 1.77 bits per heavy atom. The van der Waals surface area contributed by atoms with Crippen molar-refractivity contribution in [3.05, 3.63) is 69.5 Å². The molecule has 1 N–H and O–H groups in total. The zero-order valence-electron chi connectivity index (χ0n) is 17.1. The summed E-state index contributed by atoms with van der Waals surface area (Å²) in [6.45, 7) is 5.41. The van der Waals surface area contributed by atoms with Crippen LogP contribution in [0.15, 0.2) is 53.9 Å². The lowest BCUT2D eigenvalue weighted by Crippen LogP contribution is -2.25. The summed E-state index contributed by atoms with van der Waals surface area (Å²) in [4.78, 5) is 30.4. The first-order chi connectivity index (χ1) is 14.7. The lowest BCUT2D eigenvalue weighted by molar-refractivity contribution is 0.00721. The van der Waals surface area contributed by atoms with E-state index in [4.69, 9.17) is 16.3 Å². The fourth-order valence-electron chi connectivity index (χ4n) is 2.95. The van der Waals surface area contributed by atoms with E-state index in [1.165, 1.54) is 22.7 Å². The third-order valence-electron chi connectivity index (χ3n) is 4.26. The molecule has 0 radical (unpaired) electrons. The summed E-state index contributed by atoms with van der Waals surface area (Å²) in [7, 11) is 0. The zero-order chi connectivity index (χ0) is 22.2. The van der Waals surface area contributed by atoms with E-state index in [0.29, 0.717) is 26.2 Å². The number of hydrogen-bond donors (Lipinski definition) is 1. The van der Waals surface area contributed by atoms with E-state index in [0.717, 1.165) is 15.8 Å². The van der Waals surface area contributed by atoms with Crippen LogP contribution in [-0.2, 0) is 4.74 Å². The van der Waals surface area contributed by atoms with Crippen LogP contribution in [0, 0.1) is 0 Å². The number of ether oxygens (including phenoxy) is 1. The van der Waals surface area contributed by atoms with Crippen molar-refractivity contribution in [2.75, 3.05) is 5.32 Å². The van der Waals surface area contributed by atoms with Gasteiger partial charge in [-0.15, -0.1) is 22.7 Å². The summed E-state index contributed by atoms with van der Waals surface area (Å²) in [5, 5.41) is 6.04. The summed E-state index contributed by atoms with van der Waals surface area (Å²) in [6, 6.07) is 14.7. The molecule has 0 aliphatic carbocycles. The van der Waals surface area contributed by atoms with Gasteiger partial charge in [0.1, 0.15) is 16.2 Å². The minimum absolute atomic E-state index is 0.316. The van der Waals surface area contributed by atoms with E-state index >= 15 is 0 Å². The lowest BCUT2D eigenvalue weighted by atomic mass is 10.0. The molecule has 4 rings (SSSR count). The minimum atomic E-state index is -0.676. The number of esters is 1. The Labute approximate surface area is 192 Å². The highest BCUT2D eigenvalue weighted by atomic mass is 35.5. The SMILES string of the molecule is CC(C)(C)OC(=O)c1c(-c2ccc(Cl)cc2)csc1NC(=O)c1nc2ccccc2s1. The van der Waals surface area contributed by atoms with Gasteiger partial charge in [0.15, 0.2) is 5.01 Å². The summed E-state index contributed by atoms with van der Waals surface area (Å²) in [6.07, 6.45) is 0. The standard InChI is InChI=1S/C23H19ClN2O3S2/c1-23(2,3)29-22(28)18-15(13-8-10-14(24)11-9-13)12-30-20(18)26-19(27)21-25-16-6-4-5-7-17(16)31-21/h4-12H,1-3H3,(H,26,27). The van der Waals surface area contributed by atoms with Crippen LogP contribution in [-0.4, -0.2) is 22.5 Å². The highest BCUT2D eigenvalue weighted by Crippen LogP contribution is 2.38. The van der Waals surface area contributed by atoms with Crippen LogP contribution in [0.25, 0.3) is 21.3 Å². The quantitative estimate of drug-likeness (QED) is 0.330. The van der Waals surface area contributed by atoms with E-state index in [-0.39, 0.29) is 5.91 Å². The zero-order valence-corrected chi connectivity index (χ0v) is 19.5.